The van der Waals surface area contributed by atoms with E-state index in [0.717, 1.165) is 22.5 Å². The SMILES string of the molecule is CC(C)(C)c1cc(Nc2ccc(Cl)c(Cl)c2)cc(C(C)(C)C)c1O. The maximum absolute atomic E-state index is 10.8. The lowest BCUT2D eigenvalue weighted by Crippen LogP contribution is -2.17. The van der Waals surface area contributed by atoms with E-state index in [4.69, 9.17) is 23.2 Å². The summed E-state index contributed by atoms with van der Waals surface area (Å²) in [5.41, 5.74) is 3.27. The molecule has 0 heterocycles. The predicted octanol–water partition coefficient (Wildman–Crippen LogP) is 7.04. The number of hydrogen-bond acceptors (Lipinski definition) is 2. The quantitative estimate of drug-likeness (QED) is 0.559. The third kappa shape index (κ3) is 4.17. The van der Waals surface area contributed by atoms with Gasteiger partial charge in [-0.15, -0.1) is 0 Å². The third-order valence-electron chi connectivity index (χ3n) is 3.93. The van der Waals surface area contributed by atoms with Crippen LogP contribution in [0.1, 0.15) is 52.7 Å². The highest BCUT2D eigenvalue weighted by atomic mass is 35.5. The molecule has 0 unspecified atom stereocenters. The molecule has 0 aliphatic carbocycles. The molecule has 2 N–H and O–H groups in total. The van der Waals surface area contributed by atoms with Gasteiger partial charge in [0.2, 0.25) is 0 Å². The van der Waals surface area contributed by atoms with Crippen molar-refractivity contribution in [1.29, 1.82) is 0 Å². The van der Waals surface area contributed by atoms with Crippen molar-refractivity contribution >= 4 is 34.6 Å². The van der Waals surface area contributed by atoms with Crippen LogP contribution in [-0.4, -0.2) is 5.11 Å². The average molecular weight is 366 g/mol. The number of aromatic hydroxyl groups is 1. The minimum atomic E-state index is -0.167. The van der Waals surface area contributed by atoms with Crippen LogP contribution in [-0.2, 0) is 10.8 Å². The molecule has 0 saturated carbocycles. The zero-order valence-corrected chi connectivity index (χ0v) is 16.6. The van der Waals surface area contributed by atoms with Crippen molar-refractivity contribution in [2.45, 2.75) is 52.4 Å². The van der Waals surface area contributed by atoms with E-state index in [1.807, 2.05) is 18.2 Å². The Morgan fingerprint density at radius 3 is 1.67 bits per heavy atom. The van der Waals surface area contributed by atoms with Gasteiger partial charge in [0.1, 0.15) is 5.75 Å². The lowest BCUT2D eigenvalue weighted by Gasteiger charge is -2.28. The fourth-order valence-corrected chi connectivity index (χ4v) is 2.89. The molecule has 24 heavy (non-hydrogen) atoms. The summed E-state index contributed by atoms with van der Waals surface area (Å²) in [6.45, 7) is 12.6. The van der Waals surface area contributed by atoms with Crippen molar-refractivity contribution in [2.24, 2.45) is 0 Å². The maximum atomic E-state index is 10.8. The summed E-state index contributed by atoms with van der Waals surface area (Å²) < 4.78 is 0. The third-order valence-corrected chi connectivity index (χ3v) is 4.67. The minimum Gasteiger partial charge on any atom is -0.507 e. The largest absolute Gasteiger partial charge is 0.507 e. The molecule has 0 amide bonds. The molecule has 0 atom stereocenters. The van der Waals surface area contributed by atoms with Crippen molar-refractivity contribution in [2.75, 3.05) is 5.32 Å². The Hall–Kier alpha value is -1.38. The normalized spacial score (nSPS) is 12.3. The highest BCUT2D eigenvalue weighted by Crippen LogP contribution is 2.41. The molecule has 0 spiro atoms. The van der Waals surface area contributed by atoms with Gasteiger partial charge in [0.15, 0.2) is 0 Å². The first kappa shape index (κ1) is 19.0. The van der Waals surface area contributed by atoms with Crippen molar-refractivity contribution in [1.82, 2.24) is 0 Å². The van der Waals surface area contributed by atoms with Gasteiger partial charge >= 0.3 is 0 Å². The topological polar surface area (TPSA) is 32.3 Å². The lowest BCUT2D eigenvalue weighted by atomic mass is 9.79. The Morgan fingerprint density at radius 2 is 1.25 bits per heavy atom. The monoisotopic (exact) mass is 365 g/mol. The zero-order valence-electron chi connectivity index (χ0n) is 15.1. The van der Waals surface area contributed by atoms with Crippen LogP contribution in [0.25, 0.3) is 0 Å². The summed E-state index contributed by atoms with van der Waals surface area (Å²) in [5, 5.41) is 15.2. The number of benzene rings is 2. The summed E-state index contributed by atoms with van der Waals surface area (Å²) >= 11 is 12.1. The Morgan fingerprint density at radius 1 is 0.750 bits per heavy atom. The molecule has 4 heteroatoms. The molecule has 0 aliphatic heterocycles. The van der Waals surface area contributed by atoms with Crippen LogP contribution >= 0.6 is 23.2 Å². The van der Waals surface area contributed by atoms with Gasteiger partial charge in [-0.1, -0.05) is 64.7 Å². The van der Waals surface area contributed by atoms with E-state index >= 15 is 0 Å². The minimum absolute atomic E-state index is 0.167. The van der Waals surface area contributed by atoms with Gasteiger partial charge in [-0.3, -0.25) is 0 Å². The first-order chi connectivity index (χ1) is 10.9. The molecule has 0 saturated heterocycles. The van der Waals surface area contributed by atoms with E-state index in [9.17, 15) is 5.11 Å². The number of hydrogen-bond donors (Lipinski definition) is 2. The van der Waals surface area contributed by atoms with E-state index in [0.29, 0.717) is 15.8 Å². The van der Waals surface area contributed by atoms with Gasteiger partial charge in [0, 0.05) is 22.5 Å². The van der Waals surface area contributed by atoms with Crippen LogP contribution < -0.4 is 5.32 Å². The Kier molecular flexibility index (Phi) is 5.13. The van der Waals surface area contributed by atoms with Crippen LogP contribution in [0.3, 0.4) is 0 Å². The van der Waals surface area contributed by atoms with Crippen LogP contribution in [0.2, 0.25) is 10.0 Å². The van der Waals surface area contributed by atoms with E-state index in [-0.39, 0.29) is 10.8 Å². The van der Waals surface area contributed by atoms with E-state index in [2.05, 4.69) is 46.9 Å². The number of phenols is 1. The number of halogens is 2. The molecule has 0 aromatic heterocycles. The molecule has 0 fully saturated rings. The Labute approximate surface area is 154 Å². The molecule has 130 valence electrons. The highest BCUT2D eigenvalue weighted by Gasteiger charge is 2.26. The molecule has 2 aromatic carbocycles. The van der Waals surface area contributed by atoms with Gasteiger partial charge < -0.3 is 10.4 Å². The summed E-state index contributed by atoms with van der Waals surface area (Å²) in [6.07, 6.45) is 0. The number of phenolic OH excluding ortho intramolecular Hbond substituents is 1. The van der Waals surface area contributed by atoms with Gasteiger partial charge in [0.05, 0.1) is 10.0 Å². The molecular weight excluding hydrogens is 341 g/mol. The van der Waals surface area contributed by atoms with Crippen molar-refractivity contribution in [3.05, 3.63) is 51.5 Å². The van der Waals surface area contributed by atoms with Crippen molar-refractivity contribution < 1.29 is 5.11 Å². The van der Waals surface area contributed by atoms with Crippen LogP contribution in [0.4, 0.5) is 11.4 Å². The second-order valence-electron chi connectivity index (χ2n) is 8.17. The first-order valence-electron chi connectivity index (χ1n) is 7.99. The fourth-order valence-electron chi connectivity index (χ4n) is 2.59. The van der Waals surface area contributed by atoms with Crippen LogP contribution in [0.5, 0.6) is 5.75 Å². The molecule has 2 nitrogen and oxygen atoms in total. The maximum Gasteiger partial charge on any atom is 0.123 e. The van der Waals surface area contributed by atoms with Crippen molar-refractivity contribution in [3.63, 3.8) is 0 Å². The summed E-state index contributed by atoms with van der Waals surface area (Å²) in [4.78, 5) is 0. The summed E-state index contributed by atoms with van der Waals surface area (Å²) in [7, 11) is 0. The predicted molar refractivity (Wildman–Crippen MR) is 105 cm³/mol. The highest BCUT2D eigenvalue weighted by molar-refractivity contribution is 6.42. The average Bonchev–Trinajstić information content (AvgIpc) is 2.42. The van der Waals surface area contributed by atoms with Gasteiger partial charge in [-0.2, -0.15) is 0 Å². The van der Waals surface area contributed by atoms with Crippen LogP contribution in [0.15, 0.2) is 30.3 Å². The first-order valence-corrected chi connectivity index (χ1v) is 8.75. The smallest absolute Gasteiger partial charge is 0.123 e. The van der Waals surface area contributed by atoms with E-state index in [1.165, 1.54) is 0 Å². The Balaban J connectivity index is 2.55. The zero-order chi connectivity index (χ0) is 18.3. The molecule has 0 aliphatic rings. The molecule has 2 aromatic rings. The number of anilines is 2. The van der Waals surface area contributed by atoms with E-state index in [1.54, 1.807) is 12.1 Å². The molecule has 0 bridgehead atoms. The number of rotatable bonds is 2. The molecule has 0 radical (unpaired) electrons. The summed E-state index contributed by atoms with van der Waals surface area (Å²) in [5.74, 6) is 0.370. The number of nitrogens with one attached hydrogen (secondary N) is 1. The molecular formula is C20H25Cl2NO. The second kappa shape index (κ2) is 6.50. The van der Waals surface area contributed by atoms with Crippen LogP contribution in [0, 0.1) is 0 Å². The van der Waals surface area contributed by atoms with Gasteiger partial charge in [0.25, 0.3) is 0 Å². The van der Waals surface area contributed by atoms with E-state index < -0.39 is 0 Å². The van der Waals surface area contributed by atoms with Gasteiger partial charge in [-0.25, -0.2) is 0 Å². The van der Waals surface area contributed by atoms with Gasteiger partial charge in [-0.05, 0) is 41.2 Å². The standard InChI is InChI=1S/C20H25Cl2NO/c1-19(2,3)14-9-13(10-15(18(14)24)20(4,5)6)23-12-7-8-16(21)17(22)11-12/h7-11,23-24H,1-6H3. The summed E-state index contributed by atoms with van der Waals surface area (Å²) in [6, 6.07) is 9.43. The fraction of sp³-hybridized carbons (Fsp3) is 0.400. The Bertz CT molecular complexity index is 720. The van der Waals surface area contributed by atoms with Crippen molar-refractivity contribution in [3.8, 4) is 5.75 Å². The lowest BCUT2D eigenvalue weighted by molar-refractivity contribution is 0.423. The molecule has 2 rings (SSSR count). The second-order valence-corrected chi connectivity index (χ2v) is 8.99.